The summed E-state index contributed by atoms with van der Waals surface area (Å²) >= 11 is 0. The minimum atomic E-state index is -0.153. The molecule has 0 radical (unpaired) electrons. The first-order chi connectivity index (χ1) is 12.3. The molecule has 0 saturated heterocycles. The summed E-state index contributed by atoms with van der Waals surface area (Å²) in [6.07, 6.45) is 33.3. The smallest absolute Gasteiger partial charge is 0.305 e. The Morgan fingerprint density at radius 3 is 1.36 bits per heavy atom. The summed E-state index contributed by atoms with van der Waals surface area (Å²) in [5.74, 6) is -0.153. The Morgan fingerprint density at radius 1 is 0.640 bits per heavy atom. The van der Waals surface area contributed by atoms with E-state index in [1.807, 2.05) is 6.08 Å². The molecule has 0 aromatic carbocycles. The molecule has 0 saturated carbocycles. The molecule has 2 nitrogen and oxygen atoms in total. The maximum Gasteiger partial charge on any atom is 0.305 e. The number of esters is 1. The number of hydrogen-bond acceptors (Lipinski definition) is 2. The van der Waals surface area contributed by atoms with Crippen molar-refractivity contribution < 1.29 is 9.53 Å². The second-order valence-electron chi connectivity index (χ2n) is 5.53. The van der Waals surface area contributed by atoms with Crippen molar-refractivity contribution in [2.24, 2.45) is 0 Å². The van der Waals surface area contributed by atoms with Crippen LogP contribution in [0.3, 0.4) is 0 Å². The summed E-state index contributed by atoms with van der Waals surface area (Å²) in [6, 6.07) is 0. The molecular weight excluding hydrogens is 308 g/mol. The molecular formula is C23H34O2. The van der Waals surface area contributed by atoms with Gasteiger partial charge in [-0.1, -0.05) is 79.8 Å². The van der Waals surface area contributed by atoms with Gasteiger partial charge < -0.3 is 4.74 Å². The van der Waals surface area contributed by atoms with E-state index in [1.165, 1.54) is 7.11 Å². The second-order valence-corrected chi connectivity index (χ2v) is 5.53. The number of methoxy groups -OCH3 is 1. The summed E-state index contributed by atoms with van der Waals surface area (Å²) in [4.78, 5) is 10.9. The summed E-state index contributed by atoms with van der Waals surface area (Å²) < 4.78 is 4.58. The monoisotopic (exact) mass is 342 g/mol. The van der Waals surface area contributed by atoms with E-state index in [2.05, 4.69) is 78.5 Å². The Balaban J connectivity index is 3.53. The van der Waals surface area contributed by atoms with Crippen LogP contribution in [0.25, 0.3) is 0 Å². The van der Waals surface area contributed by atoms with Crippen LogP contribution in [0.2, 0.25) is 0 Å². The molecule has 0 aliphatic carbocycles. The molecule has 25 heavy (non-hydrogen) atoms. The van der Waals surface area contributed by atoms with Crippen molar-refractivity contribution in [2.75, 3.05) is 7.11 Å². The van der Waals surface area contributed by atoms with Crippen LogP contribution in [-0.4, -0.2) is 13.1 Å². The van der Waals surface area contributed by atoms with Gasteiger partial charge in [0.25, 0.3) is 0 Å². The zero-order valence-electron chi connectivity index (χ0n) is 15.9. The first kappa shape index (κ1) is 22.9. The maximum absolute atomic E-state index is 10.9. The van der Waals surface area contributed by atoms with E-state index in [1.54, 1.807) is 0 Å². The van der Waals surface area contributed by atoms with E-state index in [-0.39, 0.29) is 5.97 Å². The van der Waals surface area contributed by atoms with Crippen LogP contribution in [0.5, 0.6) is 0 Å². The molecule has 0 fully saturated rings. The normalized spacial score (nSPS) is 12.9. The molecule has 0 atom stereocenters. The molecule has 0 aromatic rings. The number of carbonyl (C=O) groups excluding carboxylic acids is 1. The van der Waals surface area contributed by atoms with E-state index in [4.69, 9.17) is 0 Å². The van der Waals surface area contributed by atoms with E-state index >= 15 is 0 Å². The van der Waals surface area contributed by atoms with Crippen molar-refractivity contribution in [1.82, 2.24) is 0 Å². The van der Waals surface area contributed by atoms with Gasteiger partial charge >= 0.3 is 5.97 Å². The third-order valence-corrected chi connectivity index (χ3v) is 3.34. The van der Waals surface area contributed by atoms with Crippen molar-refractivity contribution in [3.8, 4) is 0 Å². The van der Waals surface area contributed by atoms with Gasteiger partial charge in [-0.15, -0.1) is 0 Å². The minimum absolute atomic E-state index is 0.153. The van der Waals surface area contributed by atoms with Gasteiger partial charge in [-0.25, -0.2) is 0 Å². The van der Waals surface area contributed by atoms with Gasteiger partial charge in [-0.3, -0.25) is 4.79 Å². The average Bonchev–Trinajstić information content (AvgIpc) is 2.63. The van der Waals surface area contributed by atoms with E-state index < -0.39 is 0 Å². The van der Waals surface area contributed by atoms with Crippen molar-refractivity contribution >= 4 is 5.97 Å². The van der Waals surface area contributed by atoms with E-state index in [9.17, 15) is 4.79 Å². The highest BCUT2D eigenvalue weighted by Gasteiger charge is 1.94. The summed E-state index contributed by atoms with van der Waals surface area (Å²) in [6.45, 7) is 2.15. The fourth-order valence-corrected chi connectivity index (χ4v) is 1.94. The average molecular weight is 343 g/mol. The third kappa shape index (κ3) is 19.9. The van der Waals surface area contributed by atoms with Gasteiger partial charge in [0.1, 0.15) is 0 Å². The number of ether oxygens (including phenoxy) is 1. The van der Waals surface area contributed by atoms with Crippen molar-refractivity contribution in [3.63, 3.8) is 0 Å². The van der Waals surface area contributed by atoms with Crippen molar-refractivity contribution in [2.45, 2.75) is 58.3 Å². The van der Waals surface area contributed by atoms with Crippen LogP contribution in [0.1, 0.15) is 58.3 Å². The quantitative estimate of drug-likeness (QED) is 0.261. The molecule has 0 N–H and O–H groups in total. The number of allylic oxidation sites excluding steroid dienone is 12. The van der Waals surface area contributed by atoms with Crippen molar-refractivity contribution in [1.29, 1.82) is 0 Å². The van der Waals surface area contributed by atoms with Crippen molar-refractivity contribution in [3.05, 3.63) is 72.9 Å². The highest BCUT2D eigenvalue weighted by molar-refractivity contribution is 5.69. The molecule has 2 heteroatoms. The highest BCUT2D eigenvalue weighted by Crippen LogP contribution is 1.98. The Hall–Kier alpha value is -2.09. The molecule has 138 valence electrons. The van der Waals surface area contributed by atoms with Crippen LogP contribution in [0, 0.1) is 0 Å². The lowest BCUT2D eigenvalue weighted by Crippen LogP contribution is -1.97. The van der Waals surface area contributed by atoms with Gasteiger partial charge in [0.15, 0.2) is 0 Å². The van der Waals surface area contributed by atoms with Crippen LogP contribution < -0.4 is 0 Å². The molecule has 0 heterocycles. The fraction of sp³-hybridized carbons (Fsp3) is 0.435. The van der Waals surface area contributed by atoms with Crippen LogP contribution in [0.15, 0.2) is 72.9 Å². The Labute approximate surface area is 154 Å². The van der Waals surface area contributed by atoms with Gasteiger partial charge in [-0.2, -0.15) is 0 Å². The lowest BCUT2D eigenvalue weighted by atomic mass is 10.2. The topological polar surface area (TPSA) is 26.3 Å². The molecule has 0 aliphatic rings. The predicted molar refractivity (Wildman–Crippen MR) is 109 cm³/mol. The molecule has 0 unspecified atom stereocenters. The zero-order valence-corrected chi connectivity index (χ0v) is 15.9. The fourth-order valence-electron chi connectivity index (χ4n) is 1.94. The van der Waals surface area contributed by atoms with Crippen LogP contribution in [0.4, 0.5) is 0 Å². The highest BCUT2D eigenvalue weighted by atomic mass is 16.5. The second kappa shape index (κ2) is 20.0. The van der Waals surface area contributed by atoms with E-state index in [0.717, 1.165) is 44.9 Å². The zero-order chi connectivity index (χ0) is 18.4. The largest absolute Gasteiger partial charge is 0.469 e. The van der Waals surface area contributed by atoms with E-state index in [0.29, 0.717) is 6.42 Å². The van der Waals surface area contributed by atoms with Gasteiger partial charge in [0, 0.05) is 6.42 Å². The first-order valence-electron chi connectivity index (χ1n) is 9.28. The van der Waals surface area contributed by atoms with Gasteiger partial charge in [-0.05, 0) is 44.9 Å². The van der Waals surface area contributed by atoms with Crippen LogP contribution in [-0.2, 0) is 9.53 Å². The van der Waals surface area contributed by atoms with Gasteiger partial charge in [0.05, 0.1) is 7.11 Å². The number of carbonyl (C=O) groups is 1. The molecule has 0 spiro atoms. The predicted octanol–water partition coefficient (Wildman–Crippen LogP) is 6.64. The van der Waals surface area contributed by atoms with Gasteiger partial charge in [0.2, 0.25) is 0 Å². The number of hydrogen-bond donors (Lipinski definition) is 0. The Morgan fingerprint density at radius 2 is 1.00 bits per heavy atom. The Kier molecular flexibility index (Phi) is 18.3. The SMILES string of the molecule is CC/C=C/C/C=C/C/C=C/C/C=C/C/C=C/C/C=C\CCC(=O)OC. The third-order valence-electron chi connectivity index (χ3n) is 3.34. The first-order valence-corrected chi connectivity index (χ1v) is 9.28. The molecule has 0 aliphatic heterocycles. The lowest BCUT2D eigenvalue weighted by molar-refractivity contribution is -0.140. The minimum Gasteiger partial charge on any atom is -0.469 e. The molecule has 0 bridgehead atoms. The summed E-state index contributed by atoms with van der Waals surface area (Å²) in [5, 5.41) is 0. The maximum atomic E-state index is 10.9. The Bertz CT molecular complexity index is 476. The molecule has 0 aromatic heterocycles. The number of rotatable bonds is 14. The van der Waals surface area contributed by atoms with Crippen LogP contribution >= 0.6 is 0 Å². The molecule has 0 amide bonds. The summed E-state index contributed by atoms with van der Waals surface area (Å²) in [5.41, 5.74) is 0. The summed E-state index contributed by atoms with van der Waals surface area (Å²) in [7, 11) is 1.42. The lowest BCUT2D eigenvalue weighted by Gasteiger charge is -1.93. The molecule has 0 rings (SSSR count). The standard InChI is InChI=1S/C23H34O2/c1-3-4-5-6-7-8-9-10-11-12-13-14-15-16-17-18-19-20-21-22-23(24)25-2/h4-5,7-8,10-11,13-14,16-17,19-20H,3,6,9,12,15,18,21-22H2,1-2H3/b5-4+,8-7+,11-10+,14-13+,17-16+,20-19-.